The summed E-state index contributed by atoms with van der Waals surface area (Å²) in [6, 6.07) is -0.0638. The first kappa shape index (κ1) is 19.6. The van der Waals surface area contributed by atoms with Gasteiger partial charge in [-0.15, -0.1) is 22.6 Å². The number of nitrogens with one attached hydrogen (secondary N) is 1. The molecule has 1 aliphatic rings. The highest BCUT2D eigenvalue weighted by Gasteiger charge is 2.28. The molecule has 8 nitrogen and oxygen atoms in total. The van der Waals surface area contributed by atoms with Crippen LogP contribution in [0.5, 0.6) is 0 Å². The van der Waals surface area contributed by atoms with E-state index in [0.29, 0.717) is 37.6 Å². The first-order chi connectivity index (χ1) is 10.5. The Hall–Kier alpha value is -1.45. The molecule has 2 heterocycles. The molecule has 2 atom stereocenters. The number of hydrogen-bond donors (Lipinski definition) is 3. The molecule has 0 aliphatic carbocycles. The monoisotopic (exact) mass is 362 g/mol. The summed E-state index contributed by atoms with van der Waals surface area (Å²) in [7, 11) is 0. The first-order valence-corrected chi connectivity index (χ1v) is 8.14. The third kappa shape index (κ3) is 5.92. The minimum atomic E-state index is -0.211. The molecule has 0 aromatic carbocycles. The summed E-state index contributed by atoms with van der Waals surface area (Å²) in [5, 5.41) is 11.8. The molecular formula is C13H23ClN6O2S. The molecule has 2 amide bonds. The van der Waals surface area contributed by atoms with Crippen LogP contribution in [0.1, 0.15) is 24.8 Å². The van der Waals surface area contributed by atoms with E-state index in [-0.39, 0.29) is 36.2 Å². The molecule has 5 N–H and O–H groups in total. The zero-order valence-electron chi connectivity index (χ0n) is 13.0. The van der Waals surface area contributed by atoms with Crippen LogP contribution in [-0.2, 0) is 16.0 Å². The third-order valence-corrected chi connectivity index (χ3v) is 4.53. The number of carbonyl (C=O) groups is 2. The van der Waals surface area contributed by atoms with Crippen LogP contribution in [-0.4, -0.2) is 52.6 Å². The summed E-state index contributed by atoms with van der Waals surface area (Å²) >= 11 is 1.32. The van der Waals surface area contributed by atoms with Crippen molar-refractivity contribution in [2.45, 2.75) is 32.2 Å². The molecule has 0 saturated carbocycles. The number of nitrogens with two attached hydrogens (primary N) is 2. The van der Waals surface area contributed by atoms with Gasteiger partial charge < -0.3 is 21.7 Å². The van der Waals surface area contributed by atoms with E-state index in [4.69, 9.17) is 11.5 Å². The minimum Gasteiger partial charge on any atom is -0.374 e. The number of amides is 2. The maximum absolute atomic E-state index is 12.3. The fraction of sp³-hybridized carbons (Fsp3) is 0.692. The summed E-state index contributed by atoms with van der Waals surface area (Å²) in [6.07, 6.45) is 2.04. The van der Waals surface area contributed by atoms with E-state index >= 15 is 0 Å². The molecule has 1 aliphatic heterocycles. The summed E-state index contributed by atoms with van der Waals surface area (Å²) in [4.78, 5) is 25.5. The van der Waals surface area contributed by atoms with Crippen LogP contribution in [0.4, 0.5) is 5.13 Å². The van der Waals surface area contributed by atoms with Crippen molar-refractivity contribution in [3.8, 4) is 0 Å². The van der Waals surface area contributed by atoms with Gasteiger partial charge >= 0.3 is 0 Å². The van der Waals surface area contributed by atoms with Crippen molar-refractivity contribution in [3.63, 3.8) is 0 Å². The van der Waals surface area contributed by atoms with Crippen LogP contribution in [0.3, 0.4) is 0 Å². The number of rotatable bonds is 4. The summed E-state index contributed by atoms with van der Waals surface area (Å²) in [5.74, 6) is -0.297. The van der Waals surface area contributed by atoms with E-state index in [9.17, 15) is 9.59 Å². The van der Waals surface area contributed by atoms with Gasteiger partial charge in [-0.25, -0.2) is 0 Å². The smallest absolute Gasteiger partial charge is 0.224 e. The molecule has 0 spiro atoms. The van der Waals surface area contributed by atoms with E-state index in [1.165, 1.54) is 18.3 Å². The lowest BCUT2D eigenvalue weighted by Crippen LogP contribution is -2.42. The Morgan fingerprint density at radius 2 is 2.09 bits per heavy atom. The molecular weight excluding hydrogens is 340 g/mol. The van der Waals surface area contributed by atoms with Gasteiger partial charge in [0, 0.05) is 39.0 Å². The summed E-state index contributed by atoms with van der Waals surface area (Å²) in [5.41, 5.74) is 11.5. The Balaban J connectivity index is 0.00000264. The molecule has 1 aromatic rings. The highest BCUT2D eigenvalue weighted by Crippen LogP contribution is 2.17. The highest BCUT2D eigenvalue weighted by atomic mass is 35.5. The maximum Gasteiger partial charge on any atom is 0.224 e. The standard InChI is InChI=1S/C13H22N6O2S.ClH/c1-8(20)19-6-9(2-3-10(14)7-19)12(21)16-5-4-11-17-18-13(15)22-11;/h9-10H,2-7,14H2,1H3,(H2,15,18)(H,16,21);1H/t9-,10+;/m1./s1. The molecule has 1 saturated heterocycles. The van der Waals surface area contributed by atoms with Crippen molar-refractivity contribution in [1.82, 2.24) is 20.4 Å². The van der Waals surface area contributed by atoms with Crippen LogP contribution in [0.15, 0.2) is 0 Å². The van der Waals surface area contributed by atoms with Crippen molar-refractivity contribution in [3.05, 3.63) is 5.01 Å². The van der Waals surface area contributed by atoms with Crippen molar-refractivity contribution in [2.75, 3.05) is 25.4 Å². The fourth-order valence-electron chi connectivity index (χ4n) is 2.50. The second-order valence-electron chi connectivity index (χ2n) is 5.53. The van der Waals surface area contributed by atoms with E-state index < -0.39 is 0 Å². The number of likely N-dealkylation sites (tertiary alicyclic amines) is 1. The zero-order valence-corrected chi connectivity index (χ0v) is 14.7. The molecule has 1 fully saturated rings. The predicted octanol–water partition coefficient (Wildman–Crippen LogP) is -0.213. The van der Waals surface area contributed by atoms with Gasteiger partial charge in [0.05, 0.1) is 5.92 Å². The number of halogens is 1. The van der Waals surface area contributed by atoms with Crippen LogP contribution in [0.25, 0.3) is 0 Å². The number of anilines is 1. The summed E-state index contributed by atoms with van der Waals surface area (Å²) < 4.78 is 0. The number of carbonyl (C=O) groups excluding carboxylic acids is 2. The fourth-order valence-corrected chi connectivity index (χ4v) is 3.11. The van der Waals surface area contributed by atoms with E-state index in [0.717, 1.165) is 11.4 Å². The molecule has 0 unspecified atom stereocenters. The second kappa shape index (κ2) is 8.99. The number of aromatic nitrogens is 2. The van der Waals surface area contributed by atoms with Crippen molar-refractivity contribution >= 4 is 40.7 Å². The van der Waals surface area contributed by atoms with E-state index in [1.807, 2.05) is 0 Å². The Labute approximate surface area is 145 Å². The normalized spacial score (nSPS) is 21.2. The molecule has 0 bridgehead atoms. The molecule has 10 heteroatoms. The lowest BCUT2D eigenvalue weighted by atomic mass is 10.0. The van der Waals surface area contributed by atoms with Crippen molar-refractivity contribution in [1.29, 1.82) is 0 Å². The number of nitrogens with zero attached hydrogens (tertiary/aromatic N) is 3. The Bertz CT molecular complexity index is 540. The SMILES string of the molecule is CC(=O)N1C[C@@H](N)CC[C@@H](C(=O)NCCc2nnc(N)s2)C1.Cl. The zero-order chi connectivity index (χ0) is 16.1. The molecule has 0 radical (unpaired) electrons. The van der Waals surface area contributed by atoms with Crippen LogP contribution < -0.4 is 16.8 Å². The first-order valence-electron chi connectivity index (χ1n) is 7.32. The molecule has 1 aromatic heterocycles. The van der Waals surface area contributed by atoms with Gasteiger partial charge in [0.25, 0.3) is 0 Å². The molecule has 23 heavy (non-hydrogen) atoms. The van der Waals surface area contributed by atoms with Gasteiger partial charge in [-0.05, 0) is 12.8 Å². The molecule has 130 valence electrons. The Morgan fingerprint density at radius 1 is 1.35 bits per heavy atom. The van der Waals surface area contributed by atoms with Crippen LogP contribution in [0.2, 0.25) is 0 Å². The predicted molar refractivity (Wildman–Crippen MR) is 91.2 cm³/mol. The van der Waals surface area contributed by atoms with E-state index in [2.05, 4.69) is 15.5 Å². The van der Waals surface area contributed by atoms with Gasteiger partial charge in [-0.3, -0.25) is 9.59 Å². The largest absolute Gasteiger partial charge is 0.374 e. The van der Waals surface area contributed by atoms with Crippen LogP contribution in [0, 0.1) is 5.92 Å². The van der Waals surface area contributed by atoms with Gasteiger partial charge in [-0.2, -0.15) is 0 Å². The minimum absolute atomic E-state index is 0. The Kier molecular flexibility index (Phi) is 7.66. The maximum atomic E-state index is 12.3. The van der Waals surface area contributed by atoms with Gasteiger partial charge in [-0.1, -0.05) is 11.3 Å². The Morgan fingerprint density at radius 3 is 2.70 bits per heavy atom. The lowest BCUT2D eigenvalue weighted by Gasteiger charge is -2.23. The van der Waals surface area contributed by atoms with Crippen molar-refractivity contribution in [2.24, 2.45) is 11.7 Å². The van der Waals surface area contributed by atoms with Crippen molar-refractivity contribution < 1.29 is 9.59 Å². The summed E-state index contributed by atoms with van der Waals surface area (Å²) in [6.45, 7) is 2.94. The molecule has 2 rings (SSSR count). The third-order valence-electron chi connectivity index (χ3n) is 3.72. The average molecular weight is 363 g/mol. The quantitative estimate of drug-likeness (QED) is 0.679. The van der Waals surface area contributed by atoms with Gasteiger partial charge in [0.2, 0.25) is 16.9 Å². The van der Waals surface area contributed by atoms with E-state index in [1.54, 1.807) is 4.90 Å². The van der Waals surface area contributed by atoms with Gasteiger partial charge in [0.1, 0.15) is 5.01 Å². The number of nitrogen functional groups attached to an aromatic ring is 1. The number of hydrogen-bond acceptors (Lipinski definition) is 7. The van der Waals surface area contributed by atoms with Gasteiger partial charge in [0.15, 0.2) is 0 Å². The highest BCUT2D eigenvalue weighted by molar-refractivity contribution is 7.15. The average Bonchev–Trinajstić information content (AvgIpc) is 2.76. The second-order valence-corrected chi connectivity index (χ2v) is 6.63. The lowest BCUT2D eigenvalue weighted by molar-refractivity contribution is -0.131. The topological polar surface area (TPSA) is 127 Å². The van der Waals surface area contributed by atoms with Crippen LogP contribution >= 0.6 is 23.7 Å².